The molecule has 3 nitrogen and oxygen atoms in total. The average molecular weight is 217 g/mol. The quantitative estimate of drug-likeness (QED) is 0.609. The number of ether oxygens (including phenoxy) is 1. The van der Waals surface area contributed by atoms with Crippen molar-refractivity contribution in [1.82, 2.24) is 5.32 Å². The van der Waals surface area contributed by atoms with Crippen LogP contribution in [0.4, 0.5) is 0 Å². The summed E-state index contributed by atoms with van der Waals surface area (Å²) in [5, 5.41) is 13.0. The fourth-order valence-electron chi connectivity index (χ4n) is 1.54. The van der Waals surface area contributed by atoms with E-state index in [-0.39, 0.29) is 11.5 Å². The molecule has 3 heteroatoms. The predicted molar refractivity (Wildman–Crippen MR) is 64.1 cm³/mol. The molecule has 0 aromatic heterocycles. The monoisotopic (exact) mass is 217 g/mol. The Morgan fingerprint density at radius 1 is 1.27 bits per heavy atom. The smallest absolute Gasteiger partial charge is 0.0669 e. The van der Waals surface area contributed by atoms with Gasteiger partial charge in [0, 0.05) is 20.3 Å². The molecular formula is C12H27NO2. The summed E-state index contributed by atoms with van der Waals surface area (Å²) in [5.41, 5.74) is 0.206. The normalized spacial score (nSPS) is 14.2. The van der Waals surface area contributed by atoms with Crippen LogP contribution in [0.25, 0.3) is 0 Å². The van der Waals surface area contributed by atoms with Gasteiger partial charge in [0.2, 0.25) is 0 Å². The lowest BCUT2D eigenvalue weighted by Gasteiger charge is -2.22. The molecule has 0 aromatic carbocycles. The highest BCUT2D eigenvalue weighted by Crippen LogP contribution is 2.20. The van der Waals surface area contributed by atoms with Gasteiger partial charge in [-0.3, -0.25) is 0 Å². The molecule has 1 atom stereocenters. The molecule has 0 fully saturated rings. The Morgan fingerprint density at radius 2 is 1.93 bits per heavy atom. The maximum absolute atomic E-state index is 9.70. The molecule has 0 heterocycles. The number of nitrogens with one attached hydrogen (secondary N) is 1. The van der Waals surface area contributed by atoms with Crippen molar-refractivity contribution in [2.24, 2.45) is 5.41 Å². The molecule has 0 aromatic rings. The lowest BCUT2D eigenvalue weighted by molar-refractivity contribution is 0.119. The minimum atomic E-state index is -0.229. The highest BCUT2D eigenvalue weighted by atomic mass is 16.5. The predicted octanol–water partition coefficient (Wildman–Crippen LogP) is 1.80. The first-order valence-electron chi connectivity index (χ1n) is 5.83. The van der Waals surface area contributed by atoms with E-state index in [1.807, 2.05) is 0 Å². The topological polar surface area (TPSA) is 41.5 Å². The third-order valence-corrected chi connectivity index (χ3v) is 2.18. The number of methoxy groups -OCH3 is 1. The number of aliphatic hydroxyl groups excluding tert-OH is 1. The Morgan fingerprint density at radius 3 is 2.47 bits per heavy atom. The van der Waals surface area contributed by atoms with Gasteiger partial charge in [-0.05, 0) is 31.2 Å². The van der Waals surface area contributed by atoms with E-state index >= 15 is 0 Å². The summed E-state index contributed by atoms with van der Waals surface area (Å²) in [7, 11) is 1.72. The molecular weight excluding hydrogens is 190 g/mol. The SMILES string of the molecule is COCCCCNCC(O)CC(C)(C)C. The van der Waals surface area contributed by atoms with E-state index in [2.05, 4.69) is 26.1 Å². The fourth-order valence-corrected chi connectivity index (χ4v) is 1.54. The molecule has 0 aliphatic heterocycles. The summed E-state index contributed by atoms with van der Waals surface area (Å²) in [5.74, 6) is 0. The van der Waals surface area contributed by atoms with E-state index < -0.39 is 0 Å². The zero-order chi connectivity index (χ0) is 11.7. The highest BCUT2D eigenvalue weighted by molar-refractivity contribution is 4.69. The van der Waals surface area contributed by atoms with E-state index in [4.69, 9.17) is 4.74 Å². The summed E-state index contributed by atoms with van der Waals surface area (Å²) >= 11 is 0. The van der Waals surface area contributed by atoms with Crippen molar-refractivity contribution in [2.45, 2.75) is 46.1 Å². The lowest BCUT2D eigenvalue weighted by atomic mass is 9.89. The van der Waals surface area contributed by atoms with Gasteiger partial charge in [-0.15, -0.1) is 0 Å². The Hall–Kier alpha value is -0.120. The van der Waals surface area contributed by atoms with E-state index in [0.717, 1.165) is 32.4 Å². The molecule has 1 unspecified atom stereocenters. The fraction of sp³-hybridized carbons (Fsp3) is 1.00. The zero-order valence-corrected chi connectivity index (χ0v) is 10.7. The number of aliphatic hydroxyl groups is 1. The Kier molecular flexibility index (Phi) is 8.02. The van der Waals surface area contributed by atoms with Crippen LogP contribution < -0.4 is 5.32 Å². The van der Waals surface area contributed by atoms with Crippen molar-refractivity contribution in [3.8, 4) is 0 Å². The summed E-state index contributed by atoms with van der Waals surface area (Å²) in [6.07, 6.45) is 2.81. The summed E-state index contributed by atoms with van der Waals surface area (Å²) in [6, 6.07) is 0. The van der Waals surface area contributed by atoms with Gasteiger partial charge >= 0.3 is 0 Å². The van der Waals surface area contributed by atoms with Crippen LogP contribution in [0.15, 0.2) is 0 Å². The minimum absolute atomic E-state index is 0.206. The van der Waals surface area contributed by atoms with Crippen molar-refractivity contribution < 1.29 is 9.84 Å². The van der Waals surface area contributed by atoms with Gasteiger partial charge in [-0.2, -0.15) is 0 Å². The lowest BCUT2D eigenvalue weighted by Crippen LogP contribution is -2.30. The molecule has 0 saturated heterocycles. The number of hydrogen-bond donors (Lipinski definition) is 2. The molecule has 0 spiro atoms. The summed E-state index contributed by atoms with van der Waals surface area (Å²) in [6.45, 7) is 8.93. The van der Waals surface area contributed by atoms with Gasteiger partial charge in [-0.1, -0.05) is 20.8 Å². The van der Waals surface area contributed by atoms with Gasteiger partial charge in [0.05, 0.1) is 6.10 Å². The number of rotatable bonds is 8. The van der Waals surface area contributed by atoms with Crippen LogP contribution in [0.5, 0.6) is 0 Å². The first kappa shape index (κ1) is 14.9. The van der Waals surface area contributed by atoms with E-state index in [0.29, 0.717) is 6.54 Å². The van der Waals surface area contributed by atoms with E-state index in [9.17, 15) is 5.11 Å². The molecule has 92 valence electrons. The number of hydrogen-bond acceptors (Lipinski definition) is 3. The Bertz CT molecular complexity index is 143. The van der Waals surface area contributed by atoms with Crippen LogP contribution in [-0.2, 0) is 4.74 Å². The third kappa shape index (κ3) is 11.8. The van der Waals surface area contributed by atoms with Crippen molar-refractivity contribution in [3.63, 3.8) is 0 Å². The van der Waals surface area contributed by atoms with Crippen LogP contribution in [0.3, 0.4) is 0 Å². The van der Waals surface area contributed by atoms with Crippen LogP contribution in [0.1, 0.15) is 40.0 Å². The van der Waals surface area contributed by atoms with E-state index in [1.165, 1.54) is 0 Å². The molecule has 0 amide bonds. The second-order valence-electron chi connectivity index (χ2n) is 5.32. The van der Waals surface area contributed by atoms with E-state index in [1.54, 1.807) is 7.11 Å². The second kappa shape index (κ2) is 8.08. The van der Waals surface area contributed by atoms with Crippen molar-refractivity contribution >= 4 is 0 Å². The summed E-state index contributed by atoms with van der Waals surface area (Å²) in [4.78, 5) is 0. The standard InChI is InChI=1S/C12H27NO2/c1-12(2,3)9-11(14)10-13-7-5-6-8-15-4/h11,13-14H,5-10H2,1-4H3. The van der Waals surface area contributed by atoms with Gasteiger partial charge in [0.15, 0.2) is 0 Å². The van der Waals surface area contributed by atoms with Crippen LogP contribution >= 0.6 is 0 Å². The van der Waals surface area contributed by atoms with Crippen molar-refractivity contribution in [2.75, 3.05) is 26.8 Å². The first-order chi connectivity index (χ1) is 6.95. The van der Waals surface area contributed by atoms with Crippen LogP contribution in [-0.4, -0.2) is 38.0 Å². The Labute approximate surface area is 94.2 Å². The largest absolute Gasteiger partial charge is 0.392 e. The maximum atomic E-state index is 9.70. The van der Waals surface area contributed by atoms with Crippen LogP contribution in [0, 0.1) is 5.41 Å². The van der Waals surface area contributed by atoms with Crippen LogP contribution in [0.2, 0.25) is 0 Å². The molecule has 0 radical (unpaired) electrons. The minimum Gasteiger partial charge on any atom is -0.392 e. The number of unbranched alkanes of at least 4 members (excludes halogenated alkanes) is 1. The zero-order valence-electron chi connectivity index (χ0n) is 10.7. The van der Waals surface area contributed by atoms with Crippen molar-refractivity contribution in [1.29, 1.82) is 0 Å². The molecule has 0 saturated carbocycles. The van der Waals surface area contributed by atoms with Gasteiger partial charge in [0.25, 0.3) is 0 Å². The van der Waals surface area contributed by atoms with Gasteiger partial charge in [0.1, 0.15) is 0 Å². The Balaban J connectivity index is 3.28. The maximum Gasteiger partial charge on any atom is 0.0669 e. The molecule has 0 aliphatic carbocycles. The molecule has 15 heavy (non-hydrogen) atoms. The highest BCUT2D eigenvalue weighted by Gasteiger charge is 2.15. The first-order valence-corrected chi connectivity index (χ1v) is 5.83. The third-order valence-electron chi connectivity index (χ3n) is 2.18. The average Bonchev–Trinajstić information content (AvgIpc) is 2.08. The second-order valence-corrected chi connectivity index (χ2v) is 5.32. The van der Waals surface area contributed by atoms with Gasteiger partial charge in [-0.25, -0.2) is 0 Å². The molecule has 0 rings (SSSR count). The van der Waals surface area contributed by atoms with Gasteiger partial charge < -0.3 is 15.2 Å². The molecule has 2 N–H and O–H groups in total. The molecule has 0 bridgehead atoms. The van der Waals surface area contributed by atoms with Crippen molar-refractivity contribution in [3.05, 3.63) is 0 Å². The summed E-state index contributed by atoms with van der Waals surface area (Å²) < 4.78 is 4.96. The molecule has 0 aliphatic rings.